The molecular formula is C16H28N2O2S. The first kappa shape index (κ1) is 18.1. The van der Waals surface area contributed by atoms with Crippen LogP contribution in [0.25, 0.3) is 0 Å². The molecule has 1 aromatic carbocycles. The van der Waals surface area contributed by atoms with Gasteiger partial charge in [-0.05, 0) is 17.4 Å². The van der Waals surface area contributed by atoms with Gasteiger partial charge in [0.05, 0.1) is 5.75 Å². The molecule has 3 N–H and O–H groups in total. The summed E-state index contributed by atoms with van der Waals surface area (Å²) in [6.45, 7) is 6.41. The highest BCUT2D eigenvalue weighted by Gasteiger charge is 2.20. The van der Waals surface area contributed by atoms with Crippen molar-refractivity contribution in [3.63, 3.8) is 0 Å². The van der Waals surface area contributed by atoms with Crippen molar-refractivity contribution < 1.29 is 8.42 Å². The molecule has 0 saturated carbocycles. The molecular weight excluding hydrogens is 284 g/mol. The van der Waals surface area contributed by atoms with E-state index >= 15 is 0 Å². The molecule has 2 atom stereocenters. The Morgan fingerprint density at radius 3 is 2.24 bits per heavy atom. The Morgan fingerprint density at radius 2 is 1.71 bits per heavy atom. The lowest BCUT2D eigenvalue weighted by Gasteiger charge is -2.22. The van der Waals surface area contributed by atoms with E-state index in [0.717, 1.165) is 18.4 Å². The molecule has 0 saturated heterocycles. The Morgan fingerprint density at radius 1 is 1.14 bits per heavy atom. The summed E-state index contributed by atoms with van der Waals surface area (Å²) in [5, 5.41) is 0. The maximum absolute atomic E-state index is 12.2. The second-order valence-electron chi connectivity index (χ2n) is 5.68. The minimum absolute atomic E-state index is 0.0342. The summed E-state index contributed by atoms with van der Waals surface area (Å²) in [7, 11) is -3.30. The van der Waals surface area contributed by atoms with Crippen LogP contribution in [0.5, 0.6) is 0 Å². The highest BCUT2D eigenvalue weighted by Crippen LogP contribution is 2.16. The van der Waals surface area contributed by atoms with E-state index in [1.54, 1.807) is 0 Å². The smallest absolute Gasteiger partial charge is 0.212 e. The second kappa shape index (κ2) is 8.51. The number of benzene rings is 1. The largest absolute Gasteiger partial charge is 0.326 e. The Hall–Kier alpha value is -0.910. The van der Waals surface area contributed by atoms with Crippen molar-refractivity contribution in [2.75, 3.05) is 12.3 Å². The topological polar surface area (TPSA) is 72.2 Å². The number of rotatable bonds is 9. The summed E-state index contributed by atoms with van der Waals surface area (Å²) in [6, 6.07) is 9.56. The summed E-state index contributed by atoms with van der Waals surface area (Å²) in [5.41, 5.74) is 7.10. The van der Waals surface area contributed by atoms with Crippen LogP contribution in [0, 0.1) is 5.92 Å². The fraction of sp³-hybridized carbons (Fsp3) is 0.625. The van der Waals surface area contributed by atoms with Gasteiger partial charge in [0.25, 0.3) is 0 Å². The summed E-state index contributed by atoms with van der Waals surface area (Å²) in [6.07, 6.45) is 1.94. The Balaban J connectivity index is 2.54. The summed E-state index contributed by atoms with van der Waals surface area (Å²) in [5.74, 6) is 0.416. The number of sulfonamides is 1. The summed E-state index contributed by atoms with van der Waals surface area (Å²) in [4.78, 5) is 0. The maximum atomic E-state index is 12.2. The number of nitrogens with one attached hydrogen (secondary N) is 1. The van der Waals surface area contributed by atoms with E-state index in [2.05, 4.69) is 18.6 Å². The van der Waals surface area contributed by atoms with Gasteiger partial charge in [0.15, 0.2) is 0 Å². The minimum Gasteiger partial charge on any atom is -0.326 e. The third-order valence-electron chi connectivity index (χ3n) is 4.03. The Kier molecular flexibility index (Phi) is 7.35. The van der Waals surface area contributed by atoms with Crippen LogP contribution in [0.4, 0.5) is 0 Å². The van der Waals surface area contributed by atoms with Gasteiger partial charge >= 0.3 is 0 Å². The van der Waals surface area contributed by atoms with Gasteiger partial charge in [-0.2, -0.15) is 0 Å². The molecule has 21 heavy (non-hydrogen) atoms. The molecule has 0 heterocycles. The van der Waals surface area contributed by atoms with Crippen LogP contribution < -0.4 is 10.5 Å². The van der Waals surface area contributed by atoms with Crippen LogP contribution in [-0.2, 0) is 10.0 Å². The third kappa shape index (κ3) is 6.16. The zero-order valence-corrected chi connectivity index (χ0v) is 14.1. The Labute approximate surface area is 129 Å². The first-order valence-corrected chi connectivity index (χ1v) is 9.32. The summed E-state index contributed by atoms with van der Waals surface area (Å²) < 4.78 is 27.0. The van der Waals surface area contributed by atoms with Gasteiger partial charge in [0, 0.05) is 12.6 Å². The van der Waals surface area contributed by atoms with Crippen molar-refractivity contribution in [1.29, 1.82) is 0 Å². The van der Waals surface area contributed by atoms with Crippen molar-refractivity contribution in [3.8, 4) is 0 Å². The molecule has 5 heteroatoms. The van der Waals surface area contributed by atoms with Gasteiger partial charge in [-0.1, -0.05) is 63.9 Å². The van der Waals surface area contributed by atoms with E-state index in [9.17, 15) is 8.42 Å². The monoisotopic (exact) mass is 312 g/mol. The number of hydrogen-bond donors (Lipinski definition) is 2. The molecule has 0 fully saturated rings. The highest BCUT2D eigenvalue weighted by atomic mass is 32.2. The molecule has 1 rings (SSSR count). The Bertz CT molecular complexity index is 498. The average Bonchev–Trinajstić information content (AvgIpc) is 2.47. The second-order valence-corrected chi connectivity index (χ2v) is 7.53. The predicted octanol–water partition coefficient (Wildman–Crippen LogP) is 2.47. The lowest BCUT2D eigenvalue weighted by atomic mass is 9.95. The molecule has 0 aliphatic rings. The molecule has 0 radical (unpaired) electrons. The zero-order chi connectivity index (χ0) is 15.9. The van der Waals surface area contributed by atoms with Gasteiger partial charge in [0.1, 0.15) is 0 Å². The van der Waals surface area contributed by atoms with E-state index in [-0.39, 0.29) is 17.7 Å². The van der Waals surface area contributed by atoms with Gasteiger partial charge < -0.3 is 5.73 Å². The molecule has 0 aliphatic heterocycles. The van der Waals surface area contributed by atoms with Crippen molar-refractivity contribution in [2.45, 2.75) is 45.6 Å². The fourth-order valence-corrected chi connectivity index (χ4v) is 3.96. The van der Waals surface area contributed by atoms with E-state index in [4.69, 9.17) is 5.73 Å². The normalized spacial score (nSPS) is 15.1. The molecule has 0 amide bonds. The van der Waals surface area contributed by atoms with E-state index < -0.39 is 10.0 Å². The molecule has 0 aliphatic carbocycles. The van der Waals surface area contributed by atoms with Crippen LogP contribution in [0.2, 0.25) is 0 Å². The van der Waals surface area contributed by atoms with Crippen LogP contribution in [0.1, 0.15) is 45.1 Å². The molecule has 2 unspecified atom stereocenters. The van der Waals surface area contributed by atoms with Crippen molar-refractivity contribution in [1.82, 2.24) is 4.72 Å². The van der Waals surface area contributed by atoms with Crippen molar-refractivity contribution >= 4 is 10.0 Å². The quantitative estimate of drug-likeness (QED) is 0.736. The van der Waals surface area contributed by atoms with E-state index in [1.165, 1.54) is 0 Å². The number of hydrogen-bond acceptors (Lipinski definition) is 3. The standard InChI is InChI=1S/C16H28N2O2S/c1-4-14(5-2)16(17)11-18-21(19,20)12-13(3)15-9-7-6-8-10-15/h6-10,13-14,16,18H,4-5,11-12,17H2,1-3H3. The predicted molar refractivity (Wildman–Crippen MR) is 88.7 cm³/mol. The zero-order valence-electron chi connectivity index (χ0n) is 13.2. The average molecular weight is 312 g/mol. The van der Waals surface area contributed by atoms with E-state index in [0.29, 0.717) is 12.5 Å². The maximum Gasteiger partial charge on any atom is 0.212 e. The number of nitrogens with two attached hydrogens (primary N) is 1. The van der Waals surface area contributed by atoms with Crippen LogP contribution in [-0.4, -0.2) is 26.8 Å². The van der Waals surface area contributed by atoms with Crippen LogP contribution >= 0.6 is 0 Å². The van der Waals surface area contributed by atoms with Crippen molar-refractivity contribution in [2.24, 2.45) is 11.7 Å². The van der Waals surface area contributed by atoms with Crippen LogP contribution in [0.15, 0.2) is 30.3 Å². The molecule has 4 nitrogen and oxygen atoms in total. The first-order chi connectivity index (χ1) is 9.89. The molecule has 0 spiro atoms. The molecule has 0 aromatic heterocycles. The van der Waals surface area contributed by atoms with Gasteiger partial charge in [-0.15, -0.1) is 0 Å². The minimum atomic E-state index is -3.30. The fourth-order valence-electron chi connectivity index (χ4n) is 2.55. The first-order valence-electron chi connectivity index (χ1n) is 7.67. The molecule has 120 valence electrons. The lowest BCUT2D eigenvalue weighted by molar-refractivity contribution is 0.392. The molecule has 1 aromatic rings. The van der Waals surface area contributed by atoms with Crippen molar-refractivity contribution in [3.05, 3.63) is 35.9 Å². The third-order valence-corrected chi connectivity index (χ3v) is 5.58. The highest BCUT2D eigenvalue weighted by molar-refractivity contribution is 7.89. The van der Waals surface area contributed by atoms with Gasteiger partial charge in [0.2, 0.25) is 10.0 Å². The SMILES string of the molecule is CCC(CC)C(N)CNS(=O)(=O)CC(C)c1ccccc1. The van der Waals surface area contributed by atoms with E-state index in [1.807, 2.05) is 37.3 Å². The van der Waals surface area contributed by atoms with Gasteiger partial charge in [-0.3, -0.25) is 0 Å². The molecule has 0 bridgehead atoms. The van der Waals surface area contributed by atoms with Gasteiger partial charge in [-0.25, -0.2) is 13.1 Å². The summed E-state index contributed by atoms with van der Waals surface area (Å²) >= 11 is 0. The van der Waals surface area contributed by atoms with Crippen LogP contribution in [0.3, 0.4) is 0 Å². The lowest BCUT2D eigenvalue weighted by Crippen LogP contribution is -2.42.